The lowest BCUT2D eigenvalue weighted by molar-refractivity contribution is -0.385. The topological polar surface area (TPSA) is 78.0 Å². The second kappa shape index (κ2) is 3.12. The van der Waals surface area contributed by atoms with E-state index in [9.17, 15) is 14.9 Å². The molecule has 1 aromatic heterocycles. The standard InChI is InChI=1S/C6H7N3O3/c1-5(10)3-8-4-6(2-7-8)9(11)12/h2,4H,3H2,1H3. The van der Waals surface area contributed by atoms with Gasteiger partial charge in [-0.05, 0) is 6.92 Å². The zero-order chi connectivity index (χ0) is 9.14. The molecule has 0 radical (unpaired) electrons. The Labute approximate surface area is 67.9 Å². The lowest BCUT2D eigenvalue weighted by atomic mass is 10.4. The van der Waals surface area contributed by atoms with Crippen molar-refractivity contribution in [2.45, 2.75) is 13.5 Å². The molecule has 0 amide bonds. The van der Waals surface area contributed by atoms with E-state index in [1.165, 1.54) is 17.8 Å². The molecule has 1 aromatic rings. The van der Waals surface area contributed by atoms with E-state index in [0.717, 1.165) is 6.20 Å². The van der Waals surface area contributed by atoms with E-state index in [2.05, 4.69) is 5.10 Å². The zero-order valence-corrected chi connectivity index (χ0v) is 6.43. The quantitative estimate of drug-likeness (QED) is 0.484. The van der Waals surface area contributed by atoms with Crippen molar-refractivity contribution in [2.75, 3.05) is 0 Å². The molecule has 12 heavy (non-hydrogen) atoms. The number of nitrogens with zero attached hydrogens (tertiary/aromatic N) is 3. The molecule has 0 bridgehead atoms. The van der Waals surface area contributed by atoms with E-state index in [1.54, 1.807) is 0 Å². The Hall–Kier alpha value is -1.72. The fourth-order valence-electron chi connectivity index (χ4n) is 0.762. The van der Waals surface area contributed by atoms with Crippen molar-refractivity contribution >= 4 is 11.5 Å². The van der Waals surface area contributed by atoms with Gasteiger partial charge in [0, 0.05) is 0 Å². The minimum absolute atomic E-state index is 0.0772. The Balaban J connectivity index is 2.77. The zero-order valence-electron chi connectivity index (χ0n) is 6.43. The highest BCUT2D eigenvalue weighted by Crippen LogP contribution is 2.07. The number of carbonyl (C=O) groups is 1. The van der Waals surface area contributed by atoms with Crippen LogP contribution < -0.4 is 0 Å². The molecular weight excluding hydrogens is 162 g/mol. The van der Waals surface area contributed by atoms with Gasteiger partial charge in [-0.1, -0.05) is 0 Å². The van der Waals surface area contributed by atoms with Crippen molar-refractivity contribution in [1.29, 1.82) is 0 Å². The molecule has 0 aliphatic rings. The van der Waals surface area contributed by atoms with Crippen molar-refractivity contribution < 1.29 is 9.72 Å². The molecule has 0 fully saturated rings. The smallest absolute Gasteiger partial charge is 0.298 e. The molecule has 0 aliphatic heterocycles. The van der Waals surface area contributed by atoms with Crippen LogP contribution in [0.3, 0.4) is 0 Å². The van der Waals surface area contributed by atoms with E-state index >= 15 is 0 Å². The SMILES string of the molecule is CC(=O)Cn1cc([N+](=O)[O-])cn1. The van der Waals surface area contributed by atoms with Crippen LogP contribution in [0, 0.1) is 10.1 Å². The number of hydrogen-bond acceptors (Lipinski definition) is 4. The molecule has 0 aliphatic carbocycles. The number of ketones is 1. The molecule has 1 heterocycles. The van der Waals surface area contributed by atoms with E-state index in [1.807, 2.05) is 0 Å². The largest absolute Gasteiger partial charge is 0.307 e. The van der Waals surface area contributed by atoms with Gasteiger partial charge in [0.1, 0.15) is 12.4 Å². The van der Waals surface area contributed by atoms with E-state index < -0.39 is 4.92 Å². The van der Waals surface area contributed by atoms with Crippen molar-refractivity contribution in [2.24, 2.45) is 0 Å². The van der Waals surface area contributed by atoms with E-state index in [0.29, 0.717) is 0 Å². The maximum atomic E-state index is 10.6. The second-order valence-electron chi connectivity index (χ2n) is 2.36. The predicted molar refractivity (Wildman–Crippen MR) is 39.6 cm³/mol. The molecule has 1 rings (SSSR count). The molecule has 6 heteroatoms. The third-order valence-corrected chi connectivity index (χ3v) is 1.22. The Kier molecular flexibility index (Phi) is 2.18. The van der Waals surface area contributed by atoms with Gasteiger partial charge in [-0.3, -0.25) is 19.6 Å². The summed E-state index contributed by atoms with van der Waals surface area (Å²) in [5.41, 5.74) is -0.101. The van der Waals surface area contributed by atoms with Crippen LogP contribution >= 0.6 is 0 Å². The van der Waals surface area contributed by atoms with Crippen molar-refractivity contribution in [3.05, 3.63) is 22.5 Å². The minimum atomic E-state index is -0.552. The summed E-state index contributed by atoms with van der Waals surface area (Å²) in [5.74, 6) is -0.0898. The Morgan fingerprint density at radius 1 is 1.83 bits per heavy atom. The number of rotatable bonds is 3. The fraction of sp³-hybridized carbons (Fsp3) is 0.333. The Morgan fingerprint density at radius 2 is 2.50 bits per heavy atom. The maximum Gasteiger partial charge on any atom is 0.307 e. The molecule has 64 valence electrons. The number of nitro groups is 1. The van der Waals surface area contributed by atoms with Gasteiger partial charge in [0.25, 0.3) is 0 Å². The molecule has 0 spiro atoms. The average molecular weight is 169 g/mol. The lowest BCUT2D eigenvalue weighted by Gasteiger charge is -1.92. The lowest BCUT2D eigenvalue weighted by Crippen LogP contribution is -2.05. The fourth-order valence-corrected chi connectivity index (χ4v) is 0.762. The Morgan fingerprint density at radius 3 is 2.92 bits per heavy atom. The average Bonchev–Trinajstić information content (AvgIpc) is 2.34. The summed E-state index contributed by atoms with van der Waals surface area (Å²) in [7, 11) is 0. The van der Waals surface area contributed by atoms with Crippen molar-refractivity contribution in [3.8, 4) is 0 Å². The van der Waals surface area contributed by atoms with Crippen LogP contribution in [0.25, 0.3) is 0 Å². The van der Waals surface area contributed by atoms with Crippen LogP contribution in [-0.4, -0.2) is 20.5 Å². The van der Waals surface area contributed by atoms with Crippen molar-refractivity contribution in [1.82, 2.24) is 9.78 Å². The first kappa shape index (κ1) is 8.38. The van der Waals surface area contributed by atoms with Crippen LogP contribution in [0.4, 0.5) is 5.69 Å². The number of hydrogen-bond donors (Lipinski definition) is 0. The van der Waals surface area contributed by atoms with Gasteiger partial charge in [0.2, 0.25) is 0 Å². The third kappa shape index (κ3) is 1.88. The molecule has 6 nitrogen and oxygen atoms in total. The molecule has 0 saturated carbocycles. The van der Waals surface area contributed by atoms with Gasteiger partial charge in [-0.2, -0.15) is 5.10 Å². The predicted octanol–water partition coefficient (Wildman–Crippen LogP) is 0.380. The second-order valence-corrected chi connectivity index (χ2v) is 2.36. The maximum absolute atomic E-state index is 10.6. The van der Waals surface area contributed by atoms with Gasteiger partial charge in [0.05, 0.1) is 11.5 Å². The summed E-state index contributed by atoms with van der Waals surface area (Å²) in [6.07, 6.45) is 2.34. The highest BCUT2D eigenvalue weighted by atomic mass is 16.6. The molecule has 0 saturated heterocycles. The molecule has 0 unspecified atom stereocenters. The highest BCUT2D eigenvalue weighted by Gasteiger charge is 2.08. The van der Waals surface area contributed by atoms with Crippen LogP contribution in [-0.2, 0) is 11.3 Å². The molecule has 0 aromatic carbocycles. The monoisotopic (exact) mass is 169 g/mol. The van der Waals surface area contributed by atoms with Gasteiger partial charge >= 0.3 is 5.69 Å². The number of Topliss-reactive ketones (excluding diaryl/α,β-unsaturated/α-hetero) is 1. The highest BCUT2D eigenvalue weighted by molar-refractivity contribution is 5.75. The minimum Gasteiger partial charge on any atom is -0.298 e. The first-order valence-corrected chi connectivity index (χ1v) is 3.26. The molecule has 0 atom stereocenters. The summed E-state index contributed by atoms with van der Waals surface area (Å²) < 4.78 is 1.24. The number of aromatic nitrogens is 2. The van der Waals surface area contributed by atoms with Gasteiger partial charge < -0.3 is 0 Å². The van der Waals surface area contributed by atoms with Gasteiger partial charge in [0.15, 0.2) is 5.78 Å². The summed E-state index contributed by atoms with van der Waals surface area (Å²) in [6.45, 7) is 1.47. The Bertz CT molecular complexity index is 318. The summed E-state index contributed by atoms with van der Waals surface area (Å²) in [5, 5.41) is 13.8. The van der Waals surface area contributed by atoms with Gasteiger partial charge in [-0.15, -0.1) is 0 Å². The molecular formula is C6H7N3O3. The van der Waals surface area contributed by atoms with Crippen LogP contribution in [0.5, 0.6) is 0 Å². The molecule has 0 N–H and O–H groups in total. The summed E-state index contributed by atoms with van der Waals surface area (Å²) in [6, 6.07) is 0. The van der Waals surface area contributed by atoms with E-state index in [-0.39, 0.29) is 18.0 Å². The van der Waals surface area contributed by atoms with Crippen LogP contribution in [0.15, 0.2) is 12.4 Å². The first-order valence-electron chi connectivity index (χ1n) is 3.26. The van der Waals surface area contributed by atoms with Crippen molar-refractivity contribution in [3.63, 3.8) is 0 Å². The normalized spacial score (nSPS) is 9.75. The third-order valence-electron chi connectivity index (χ3n) is 1.22. The summed E-state index contributed by atoms with van der Waals surface area (Å²) >= 11 is 0. The van der Waals surface area contributed by atoms with E-state index in [4.69, 9.17) is 0 Å². The van der Waals surface area contributed by atoms with Crippen LogP contribution in [0.2, 0.25) is 0 Å². The van der Waals surface area contributed by atoms with Gasteiger partial charge in [-0.25, -0.2) is 0 Å². The van der Waals surface area contributed by atoms with Crippen LogP contribution in [0.1, 0.15) is 6.92 Å². The number of carbonyl (C=O) groups excluding carboxylic acids is 1. The summed E-state index contributed by atoms with van der Waals surface area (Å²) in [4.78, 5) is 20.2. The first-order chi connectivity index (χ1) is 5.59.